The van der Waals surface area contributed by atoms with Crippen molar-refractivity contribution in [1.29, 1.82) is 0 Å². The first-order valence-corrected chi connectivity index (χ1v) is 11.2. The maximum Gasteiger partial charge on any atom is 0.251 e. The standard InChI is InChI=1S/C22H15Cl2FN2O.C4H6N2/c1-27-20-12-26-19(22(25)13-5-7-15(23)8-6-13)10-18(20)17(11-21(27)28)14-3-2-4-16(24)9-14;1-6-3-2-5-4-6/h2-12,22H,1H3;2-4H,1H3. The van der Waals surface area contributed by atoms with Gasteiger partial charge in [0.05, 0.1) is 23.7 Å². The lowest BCUT2D eigenvalue weighted by Gasteiger charge is -2.14. The minimum absolute atomic E-state index is 0.175. The number of pyridine rings is 2. The number of nitrogens with zero attached hydrogens (tertiary/aromatic N) is 4. The number of halogens is 3. The quantitative estimate of drug-likeness (QED) is 0.292. The first kappa shape index (κ1) is 23.7. The number of benzene rings is 2. The Morgan fingerprint density at radius 1 is 0.971 bits per heavy atom. The molecule has 172 valence electrons. The largest absolute Gasteiger partial charge is 0.341 e. The molecule has 0 aliphatic heterocycles. The Morgan fingerprint density at radius 2 is 1.74 bits per heavy atom. The summed E-state index contributed by atoms with van der Waals surface area (Å²) < 4.78 is 18.5. The molecule has 34 heavy (non-hydrogen) atoms. The van der Waals surface area contributed by atoms with Gasteiger partial charge in [-0.1, -0.05) is 47.5 Å². The van der Waals surface area contributed by atoms with E-state index >= 15 is 4.39 Å². The van der Waals surface area contributed by atoms with Gasteiger partial charge in [-0.3, -0.25) is 9.78 Å². The molecule has 0 bridgehead atoms. The maximum absolute atomic E-state index is 15.1. The van der Waals surface area contributed by atoms with Crippen LogP contribution in [0.25, 0.3) is 22.0 Å². The number of imidazole rings is 1. The number of hydrogen-bond donors (Lipinski definition) is 0. The summed E-state index contributed by atoms with van der Waals surface area (Å²) in [5.41, 5.74) is 2.64. The number of alkyl halides is 1. The average molecular weight is 495 g/mol. The van der Waals surface area contributed by atoms with E-state index in [2.05, 4.69) is 9.97 Å². The smallest absolute Gasteiger partial charge is 0.251 e. The Labute approximate surface area is 206 Å². The predicted octanol–water partition coefficient (Wildman–Crippen LogP) is 6.39. The molecule has 0 N–H and O–H groups in total. The van der Waals surface area contributed by atoms with Gasteiger partial charge in [0.2, 0.25) is 0 Å². The van der Waals surface area contributed by atoms with Crippen molar-refractivity contribution in [3.8, 4) is 11.1 Å². The predicted molar refractivity (Wildman–Crippen MR) is 135 cm³/mol. The third-order valence-corrected chi connectivity index (χ3v) is 5.84. The SMILES string of the molecule is Cn1c(=O)cc(-c2cccc(Cl)c2)c2cc(C(F)c3ccc(Cl)cc3)ncc21.Cn1ccnc1. The van der Waals surface area contributed by atoms with Gasteiger partial charge in [0.15, 0.2) is 6.17 Å². The van der Waals surface area contributed by atoms with E-state index in [1.807, 2.05) is 29.9 Å². The molecule has 5 nitrogen and oxygen atoms in total. The van der Waals surface area contributed by atoms with Crippen molar-refractivity contribution in [2.24, 2.45) is 14.1 Å². The lowest BCUT2D eigenvalue weighted by atomic mass is 9.99. The summed E-state index contributed by atoms with van der Waals surface area (Å²) in [6.07, 6.45) is 5.51. The highest BCUT2D eigenvalue weighted by molar-refractivity contribution is 6.31. The fraction of sp³-hybridized carbons (Fsp3) is 0.115. The Kier molecular flexibility index (Phi) is 7.10. The summed E-state index contributed by atoms with van der Waals surface area (Å²) in [5, 5.41) is 1.83. The van der Waals surface area contributed by atoms with E-state index in [1.54, 1.807) is 62.0 Å². The number of hydrogen-bond acceptors (Lipinski definition) is 3. The molecule has 0 radical (unpaired) electrons. The molecule has 0 aliphatic carbocycles. The van der Waals surface area contributed by atoms with Crippen molar-refractivity contribution in [1.82, 2.24) is 19.1 Å². The summed E-state index contributed by atoms with van der Waals surface area (Å²) in [4.78, 5) is 20.5. The normalized spacial score (nSPS) is 11.7. The number of fused-ring (bicyclic) bond motifs is 1. The number of rotatable bonds is 3. The molecule has 3 aromatic heterocycles. The van der Waals surface area contributed by atoms with Crippen LogP contribution in [0.2, 0.25) is 10.0 Å². The summed E-state index contributed by atoms with van der Waals surface area (Å²) in [6, 6.07) is 17.0. The molecule has 1 atom stereocenters. The molecular formula is C26H21Cl2FN4O. The van der Waals surface area contributed by atoms with Crippen LogP contribution >= 0.6 is 23.2 Å². The minimum atomic E-state index is -1.41. The fourth-order valence-corrected chi connectivity index (χ4v) is 3.84. The van der Waals surface area contributed by atoms with Crippen LogP contribution in [0, 0.1) is 0 Å². The van der Waals surface area contributed by atoms with Crippen LogP contribution in [-0.4, -0.2) is 19.1 Å². The highest BCUT2D eigenvalue weighted by Gasteiger charge is 2.17. The van der Waals surface area contributed by atoms with Gasteiger partial charge >= 0.3 is 0 Å². The minimum Gasteiger partial charge on any atom is -0.341 e. The third kappa shape index (κ3) is 5.19. The highest BCUT2D eigenvalue weighted by Crippen LogP contribution is 2.32. The van der Waals surface area contributed by atoms with Crippen molar-refractivity contribution >= 4 is 34.1 Å². The molecule has 0 saturated heterocycles. The second-order valence-electron chi connectivity index (χ2n) is 7.73. The molecular weight excluding hydrogens is 474 g/mol. The van der Waals surface area contributed by atoms with Crippen molar-refractivity contribution in [3.63, 3.8) is 0 Å². The molecule has 2 aromatic carbocycles. The molecule has 3 heterocycles. The van der Waals surface area contributed by atoms with E-state index in [0.717, 1.165) is 10.9 Å². The Hall–Kier alpha value is -3.48. The van der Waals surface area contributed by atoms with E-state index < -0.39 is 6.17 Å². The first-order chi connectivity index (χ1) is 16.3. The summed E-state index contributed by atoms with van der Waals surface area (Å²) in [5.74, 6) is 0. The molecule has 0 fully saturated rings. The Balaban J connectivity index is 0.000000398. The second-order valence-corrected chi connectivity index (χ2v) is 8.61. The van der Waals surface area contributed by atoms with Crippen LogP contribution in [0.15, 0.2) is 90.4 Å². The van der Waals surface area contributed by atoms with Crippen LogP contribution in [-0.2, 0) is 14.1 Å². The van der Waals surface area contributed by atoms with E-state index in [0.29, 0.717) is 26.7 Å². The zero-order valence-corrected chi connectivity index (χ0v) is 20.0. The van der Waals surface area contributed by atoms with Gasteiger partial charge in [-0.25, -0.2) is 9.37 Å². The third-order valence-electron chi connectivity index (χ3n) is 5.35. The Morgan fingerprint density at radius 3 is 2.35 bits per heavy atom. The summed E-state index contributed by atoms with van der Waals surface area (Å²) in [7, 11) is 3.60. The van der Waals surface area contributed by atoms with Gasteiger partial charge in [-0.05, 0) is 47.0 Å². The van der Waals surface area contributed by atoms with E-state index in [4.69, 9.17) is 23.2 Å². The van der Waals surface area contributed by atoms with Crippen molar-refractivity contribution in [2.75, 3.05) is 0 Å². The number of aryl methyl sites for hydroxylation is 2. The number of aromatic nitrogens is 4. The van der Waals surface area contributed by atoms with Crippen LogP contribution < -0.4 is 5.56 Å². The topological polar surface area (TPSA) is 52.7 Å². The average Bonchev–Trinajstić information content (AvgIpc) is 3.32. The van der Waals surface area contributed by atoms with E-state index in [-0.39, 0.29) is 11.3 Å². The van der Waals surface area contributed by atoms with Crippen molar-refractivity contribution in [2.45, 2.75) is 6.17 Å². The molecule has 8 heteroatoms. The molecule has 1 unspecified atom stereocenters. The van der Waals surface area contributed by atoms with E-state index in [1.165, 1.54) is 16.8 Å². The van der Waals surface area contributed by atoms with Crippen molar-refractivity contribution in [3.05, 3.63) is 117 Å². The van der Waals surface area contributed by atoms with E-state index in [9.17, 15) is 4.79 Å². The summed E-state index contributed by atoms with van der Waals surface area (Å²) in [6.45, 7) is 0. The zero-order chi connectivity index (χ0) is 24.2. The monoisotopic (exact) mass is 494 g/mol. The van der Waals surface area contributed by atoms with Gasteiger partial charge in [0, 0.05) is 48.0 Å². The lowest BCUT2D eigenvalue weighted by molar-refractivity contribution is 0.394. The molecule has 0 spiro atoms. The Bertz CT molecular complexity index is 1480. The second kappa shape index (κ2) is 10.2. The molecule has 5 rings (SSSR count). The van der Waals surface area contributed by atoms with Crippen LogP contribution in [0.3, 0.4) is 0 Å². The molecule has 0 saturated carbocycles. The van der Waals surface area contributed by atoms with Crippen molar-refractivity contribution < 1.29 is 4.39 Å². The summed E-state index contributed by atoms with van der Waals surface area (Å²) >= 11 is 12.0. The van der Waals surface area contributed by atoms with Crippen LogP contribution in [0.4, 0.5) is 4.39 Å². The maximum atomic E-state index is 15.1. The van der Waals surface area contributed by atoms with Gasteiger partial charge in [-0.15, -0.1) is 0 Å². The molecule has 5 aromatic rings. The van der Waals surface area contributed by atoms with Crippen LogP contribution in [0.5, 0.6) is 0 Å². The molecule has 0 aliphatic rings. The van der Waals surface area contributed by atoms with Crippen LogP contribution in [0.1, 0.15) is 17.4 Å². The van der Waals surface area contributed by atoms with Gasteiger partial charge < -0.3 is 9.13 Å². The van der Waals surface area contributed by atoms with Gasteiger partial charge in [-0.2, -0.15) is 0 Å². The first-order valence-electron chi connectivity index (χ1n) is 10.4. The van der Waals surface area contributed by atoms with Gasteiger partial charge in [0.1, 0.15) is 0 Å². The fourth-order valence-electron chi connectivity index (χ4n) is 3.53. The molecule has 0 amide bonds. The lowest BCUT2D eigenvalue weighted by Crippen LogP contribution is -2.17. The highest BCUT2D eigenvalue weighted by atomic mass is 35.5. The zero-order valence-electron chi connectivity index (χ0n) is 18.5. The van der Waals surface area contributed by atoms with Gasteiger partial charge in [0.25, 0.3) is 5.56 Å².